The molecule has 20 heavy (non-hydrogen) atoms. The smallest absolute Gasteiger partial charge is 0.263 e. The Morgan fingerprint density at radius 3 is 2.80 bits per heavy atom. The van der Waals surface area contributed by atoms with E-state index >= 15 is 0 Å². The van der Waals surface area contributed by atoms with Crippen LogP contribution in [-0.2, 0) is 11.2 Å². The number of carbonyl (C=O) groups excluding carboxylic acids is 1. The number of nitrogens with zero attached hydrogens (tertiary/aromatic N) is 1. The second kappa shape index (κ2) is 5.20. The van der Waals surface area contributed by atoms with Crippen LogP contribution in [0.15, 0.2) is 12.1 Å². The van der Waals surface area contributed by atoms with Gasteiger partial charge < -0.3 is 24.8 Å². The first kappa shape index (κ1) is 13.1. The Balaban J connectivity index is 1.86. The molecular formula is C14H18N2O4. The second-order valence-electron chi connectivity index (χ2n) is 5.01. The maximum absolute atomic E-state index is 11.9. The quantitative estimate of drug-likeness (QED) is 0.869. The fourth-order valence-electron chi connectivity index (χ4n) is 2.48. The summed E-state index contributed by atoms with van der Waals surface area (Å²) in [5.74, 6) is 2.03. The molecule has 3 rings (SSSR count). The highest BCUT2D eigenvalue weighted by molar-refractivity contribution is 5.83. The summed E-state index contributed by atoms with van der Waals surface area (Å²) in [6.07, 6.45) is 0.950. The van der Waals surface area contributed by atoms with Gasteiger partial charge in [-0.3, -0.25) is 4.79 Å². The van der Waals surface area contributed by atoms with Gasteiger partial charge >= 0.3 is 0 Å². The van der Waals surface area contributed by atoms with Gasteiger partial charge in [0.05, 0.1) is 0 Å². The molecule has 2 N–H and O–H groups in total. The van der Waals surface area contributed by atoms with E-state index in [0.717, 1.165) is 12.1 Å². The van der Waals surface area contributed by atoms with Crippen molar-refractivity contribution in [3.8, 4) is 17.2 Å². The van der Waals surface area contributed by atoms with Crippen LogP contribution >= 0.6 is 0 Å². The van der Waals surface area contributed by atoms with Gasteiger partial charge in [0.1, 0.15) is 5.75 Å². The molecule has 1 atom stereocenters. The van der Waals surface area contributed by atoms with Crippen molar-refractivity contribution in [2.75, 3.05) is 26.9 Å². The summed E-state index contributed by atoms with van der Waals surface area (Å²) in [7, 11) is 1.78. The van der Waals surface area contributed by atoms with Crippen molar-refractivity contribution in [1.82, 2.24) is 4.90 Å². The number of fused-ring (bicyclic) bond motifs is 1. The standard InChI is InChI=1S/C14H18N2O4/c1-16-5-3-10(14(16)17)20-11-7-13-12(18-8-19-13)6-9(11)2-4-15/h6-7,10H,2-5,8,15H2,1H3. The highest BCUT2D eigenvalue weighted by atomic mass is 16.7. The van der Waals surface area contributed by atoms with E-state index in [1.807, 2.05) is 6.07 Å². The Kier molecular flexibility index (Phi) is 3.40. The number of benzene rings is 1. The summed E-state index contributed by atoms with van der Waals surface area (Å²) < 4.78 is 16.6. The third-order valence-corrected chi connectivity index (χ3v) is 3.62. The highest BCUT2D eigenvalue weighted by Gasteiger charge is 2.32. The molecule has 6 nitrogen and oxygen atoms in total. The van der Waals surface area contributed by atoms with Crippen molar-refractivity contribution in [3.63, 3.8) is 0 Å². The van der Waals surface area contributed by atoms with E-state index in [4.69, 9.17) is 19.9 Å². The number of carbonyl (C=O) groups is 1. The molecule has 108 valence electrons. The lowest BCUT2D eigenvalue weighted by Crippen LogP contribution is -2.29. The van der Waals surface area contributed by atoms with Crippen molar-refractivity contribution < 1.29 is 19.0 Å². The van der Waals surface area contributed by atoms with Crippen LogP contribution in [0.2, 0.25) is 0 Å². The summed E-state index contributed by atoms with van der Waals surface area (Å²) in [4.78, 5) is 13.6. The second-order valence-corrected chi connectivity index (χ2v) is 5.01. The van der Waals surface area contributed by atoms with Crippen LogP contribution in [0.4, 0.5) is 0 Å². The maximum Gasteiger partial charge on any atom is 0.263 e. The van der Waals surface area contributed by atoms with Gasteiger partial charge in [-0.1, -0.05) is 0 Å². The van der Waals surface area contributed by atoms with E-state index < -0.39 is 6.10 Å². The molecule has 1 aromatic rings. The van der Waals surface area contributed by atoms with Gasteiger partial charge in [0.15, 0.2) is 17.6 Å². The lowest BCUT2D eigenvalue weighted by atomic mass is 10.1. The molecule has 1 aromatic carbocycles. The molecule has 2 aliphatic rings. The zero-order chi connectivity index (χ0) is 14.1. The van der Waals surface area contributed by atoms with Crippen molar-refractivity contribution in [1.29, 1.82) is 0 Å². The summed E-state index contributed by atoms with van der Waals surface area (Å²) in [5, 5.41) is 0. The maximum atomic E-state index is 11.9. The zero-order valence-corrected chi connectivity index (χ0v) is 11.4. The van der Waals surface area contributed by atoms with Crippen molar-refractivity contribution in [2.24, 2.45) is 5.73 Å². The van der Waals surface area contributed by atoms with E-state index in [9.17, 15) is 4.79 Å². The molecule has 0 saturated carbocycles. The Labute approximate surface area is 117 Å². The summed E-state index contributed by atoms with van der Waals surface area (Å²) >= 11 is 0. The minimum atomic E-state index is -0.420. The number of amides is 1. The van der Waals surface area contributed by atoms with Gasteiger partial charge in [0.2, 0.25) is 6.79 Å². The molecule has 1 unspecified atom stereocenters. The van der Waals surface area contributed by atoms with E-state index in [1.165, 1.54) is 0 Å². The summed E-state index contributed by atoms with van der Waals surface area (Å²) in [5.41, 5.74) is 6.57. The van der Waals surface area contributed by atoms with Gasteiger partial charge in [-0.05, 0) is 24.6 Å². The molecule has 6 heteroatoms. The van der Waals surface area contributed by atoms with Gasteiger partial charge in [0, 0.05) is 26.1 Å². The van der Waals surface area contributed by atoms with Crippen molar-refractivity contribution >= 4 is 5.91 Å². The molecule has 0 aliphatic carbocycles. The number of rotatable bonds is 4. The van der Waals surface area contributed by atoms with Crippen molar-refractivity contribution in [2.45, 2.75) is 18.9 Å². The number of ether oxygens (including phenoxy) is 3. The first-order valence-electron chi connectivity index (χ1n) is 6.73. The van der Waals surface area contributed by atoms with Gasteiger partial charge in [-0.15, -0.1) is 0 Å². The molecule has 2 aliphatic heterocycles. The molecular weight excluding hydrogens is 260 g/mol. The van der Waals surface area contributed by atoms with Gasteiger partial charge in [0.25, 0.3) is 5.91 Å². The zero-order valence-electron chi connectivity index (χ0n) is 11.4. The lowest BCUT2D eigenvalue weighted by Gasteiger charge is -2.16. The topological polar surface area (TPSA) is 74.0 Å². The first-order valence-corrected chi connectivity index (χ1v) is 6.73. The first-order chi connectivity index (χ1) is 9.69. The highest BCUT2D eigenvalue weighted by Crippen LogP contribution is 2.39. The number of nitrogens with two attached hydrogens (primary N) is 1. The monoisotopic (exact) mass is 278 g/mol. The fraction of sp³-hybridized carbons (Fsp3) is 0.500. The molecule has 1 saturated heterocycles. The average molecular weight is 278 g/mol. The SMILES string of the molecule is CN1CCC(Oc2cc3c(cc2CCN)OCO3)C1=O. The van der Waals surface area contributed by atoms with E-state index in [0.29, 0.717) is 36.6 Å². The van der Waals surface area contributed by atoms with Crippen LogP contribution < -0.4 is 19.9 Å². The van der Waals surface area contributed by atoms with E-state index in [2.05, 4.69) is 0 Å². The summed E-state index contributed by atoms with van der Waals surface area (Å²) in [6.45, 7) is 1.45. The molecule has 0 aromatic heterocycles. The van der Waals surface area contributed by atoms with Crippen LogP contribution in [0, 0.1) is 0 Å². The Morgan fingerprint density at radius 1 is 1.40 bits per heavy atom. The van der Waals surface area contributed by atoms with Gasteiger partial charge in [-0.25, -0.2) is 0 Å². The molecule has 0 radical (unpaired) electrons. The lowest BCUT2D eigenvalue weighted by molar-refractivity contribution is -0.132. The third-order valence-electron chi connectivity index (χ3n) is 3.62. The van der Waals surface area contributed by atoms with E-state index in [1.54, 1.807) is 18.0 Å². The molecule has 0 bridgehead atoms. The van der Waals surface area contributed by atoms with Crippen LogP contribution in [0.25, 0.3) is 0 Å². The molecule has 1 amide bonds. The van der Waals surface area contributed by atoms with Crippen LogP contribution in [-0.4, -0.2) is 43.8 Å². The van der Waals surface area contributed by atoms with Crippen molar-refractivity contribution in [3.05, 3.63) is 17.7 Å². The molecule has 0 spiro atoms. The largest absolute Gasteiger partial charge is 0.480 e. The van der Waals surface area contributed by atoms with E-state index in [-0.39, 0.29) is 12.7 Å². The Hall–Kier alpha value is -1.95. The van der Waals surface area contributed by atoms with Crippen LogP contribution in [0.3, 0.4) is 0 Å². The third kappa shape index (κ3) is 2.27. The number of hydrogen-bond donors (Lipinski definition) is 1. The summed E-state index contributed by atoms with van der Waals surface area (Å²) in [6, 6.07) is 3.67. The van der Waals surface area contributed by atoms with Crippen LogP contribution in [0.1, 0.15) is 12.0 Å². The normalized spacial score (nSPS) is 20.6. The van der Waals surface area contributed by atoms with Gasteiger partial charge in [-0.2, -0.15) is 0 Å². The number of likely N-dealkylation sites (N-methyl/N-ethyl adjacent to an activating group) is 1. The average Bonchev–Trinajstić information content (AvgIpc) is 3.00. The Bertz CT molecular complexity index is 532. The Morgan fingerprint density at radius 2 is 2.15 bits per heavy atom. The predicted octanol–water partition coefficient (Wildman–Crippen LogP) is 0.526. The minimum absolute atomic E-state index is 0.0152. The number of hydrogen-bond acceptors (Lipinski definition) is 5. The van der Waals surface area contributed by atoms with Crippen LogP contribution in [0.5, 0.6) is 17.2 Å². The minimum Gasteiger partial charge on any atom is -0.480 e. The predicted molar refractivity (Wildman–Crippen MR) is 72.0 cm³/mol. The fourth-order valence-corrected chi connectivity index (χ4v) is 2.48. The molecule has 2 heterocycles. The number of likely N-dealkylation sites (tertiary alicyclic amines) is 1. The molecule has 1 fully saturated rings.